The van der Waals surface area contributed by atoms with Crippen LogP contribution in [0.3, 0.4) is 0 Å². The van der Waals surface area contributed by atoms with E-state index in [4.69, 9.17) is 10.5 Å². The van der Waals surface area contributed by atoms with Gasteiger partial charge in [0.25, 0.3) is 0 Å². The van der Waals surface area contributed by atoms with Crippen molar-refractivity contribution in [2.45, 2.75) is 25.4 Å². The monoisotopic (exact) mass is 263 g/mol. The highest BCUT2D eigenvalue weighted by Crippen LogP contribution is 2.28. The minimum absolute atomic E-state index is 0.0159. The number of nitrogens with zero attached hydrogens (tertiary/aromatic N) is 1. The number of piperazine rings is 1. The summed E-state index contributed by atoms with van der Waals surface area (Å²) in [4.78, 5) is 2.39. The number of benzene rings is 1. The summed E-state index contributed by atoms with van der Waals surface area (Å²) in [6, 6.07) is 6.72. The maximum Gasteiger partial charge on any atom is 0.123 e. The molecule has 2 unspecified atom stereocenters. The molecule has 1 aliphatic rings. The molecule has 0 aliphatic carbocycles. The van der Waals surface area contributed by atoms with Crippen LogP contribution in [0.1, 0.15) is 23.6 Å². The highest BCUT2D eigenvalue weighted by Gasteiger charge is 2.23. The molecule has 0 amide bonds. The fraction of sp³-hybridized carbons (Fsp3) is 0.600. The molecule has 0 spiro atoms. The molecule has 1 aromatic rings. The van der Waals surface area contributed by atoms with Gasteiger partial charge in [-0.05, 0) is 26.5 Å². The van der Waals surface area contributed by atoms with Gasteiger partial charge in [-0.15, -0.1) is 0 Å². The topological polar surface area (TPSA) is 50.5 Å². The van der Waals surface area contributed by atoms with Crippen molar-refractivity contribution in [3.63, 3.8) is 0 Å². The van der Waals surface area contributed by atoms with E-state index in [1.807, 2.05) is 6.07 Å². The summed E-state index contributed by atoms with van der Waals surface area (Å²) in [5, 5.41) is 3.43. The van der Waals surface area contributed by atoms with Gasteiger partial charge in [0.15, 0.2) is 0 Å². The third kappa shape index (κ3) is 3.47. The second-order valence-corrected chi connectivity index (χ2v) is 5.43. The molecule has 0 saturated carbocycles. The lowest BCUT2D eigenvalue weighted by Gasteiger charge is -2.34. The first-order valence-corrected chi connectivity index (χ1v) is 6.93. The zero-order valence-corrected chi connectivity index (χ0v) is 12.1. The van der Waals surface area contributed by atoms with Crippen LogP contribution in [-0.2, 0) is 0 Å². The molecule has 1 heterocycles. The summed E-state index contributed by atoms with van der Waals surface area (Å²) >= 11 is 0. The van der Waals surface area contributed by atoms with Crippen molar-refractivity contribution in [1.29, 1.82) is 0 Å². The highest BCUT2D eigenvalue weighted by molar-refractivity contribution is 5.39. The number of nitrogens with two attached hydrogens (primary N) is 1. The molecule has 2 rings (SSSR count). The SMILES string of the molecule is COc1ccc(C)cc1C(N)CC1CNCCN1C. The first kappa shape index (κ1) is 14.3. The Bertz CT molecular complexity index is 422. The van der Waals surface area contributed by atoms with Crippen LogP contribution in [0.4, 0.5) is 0 Å². The van der Waals surface area contributed by atoms with E-state index in [1.165, 1.54) is 5.56 Å². The fourth-order valence-corrected chi connectivity index (χ4v) is 2.69. The van der Waals surface area contributed by atoms with E-state index in [9.17, 15) is 0 Å². The van der Waals surface area contributed by atoms with E-state index in [-0.39, 0.29) is 6.04 Å². The normalized spacial score (nSPS) is 22.2. The van der Waals surface area contributed by atoms with Crippen LogP contribution in [0.2, 0.25) is 0 Å². The molecule has 0 aromatic heterocycles. The molecule has 4 nitrogen and oxygen atoms in total. The van der Waals surface area contributed by atoms with E-state index in [0.29, 0.717) is 6.04 Å². The number of hydrogen-bond donors (Lipinski definition) is 2. The van der Waals surface area contributed by atoms with Crippen molar-refractivity contribution in [1.82, 2.24) is 10.2 Å². The zero-order valence-electron chi connectivity index (χ0n) is 12.1. The van der Waals surface area contributed by atoms with Crippen LogP contribution in [0.15, 0.2) is 18.2 Å². The molecule has 106 valence electrons. The van der Waals surface area contributed by atoms with Gasteiger partial charge < -0.3 is 20.7 Å². The highest BCUT2D eigenvalue weighted by atomic mass is 16.5. The molecule has 2 atom stereocenters. The Morgan fingerprint density at radius 2 is 2.32 bits per heavy atom. The molecule has 1 fully saturated rings. The van der Waals surface area contributed by atoms with Crippen LogP contribution >= 0.6 is 0 Å². The molecule has 1 aliphatic heterocycles. The zero-order chi connectivity index (χ0) is 13.8. The van der Waals surface area contributed by atoms with E-state index in [2.05, 4.69) is 36.3 Å². The average molecular weight is 263 g/mol. The first-order chi connectivity index (χ1) is 9.11. The summed E-state index contributed by atoms with van der Waals surface area (Å²) in [6.45, 7) is 5.25. The lowest BCUT2D eigenvalue weighted by Crippen LogP contribution is -2.50. The summed E-state index contributed by atoms with van der Waals surface area (Å²) in [7, 11) is 3.88. The molecule has 19 heavy (non-hydrogen) atoms. The van der Waals surface area contributed by atoms with Crippen molar-refractivity contribution >= 4 is 0 Å². The Labute approximate surface area is 115 Å². The Kier molecular flexibility index (Phi) is 4.80. The number of aryl methyl sites for hydroxylation is 1. The minimum atomic E-state index is 0.0159. The number of likely N-dealkylation sites (N-methyl/N-ethyl adjacent to an activating group) is 1. The standard InChI is InChI=1S/C15H25N3O/c1-11-4-5-15(19-3)13(8-11)14(16)9-12-10-17-6-7-18(12)2/h4-5,8,12,14,17H,6-7,9-10,16H2,1-3H3. The lowest BCUT2D eigenvalue weighted by atomic mass is 9.96. The molecule has 3 N–H and O–H groups in total. The second kappa shape index (κ2) is 6.37. The third-order valence-electron chi connectivity index (χ3n) is 3.96. The molecule has 0 bridgehead atoms. The molecular formula is C15H25N3O. The summed E-state index contributed by atoms with van der Waals surface area (Å²) in [6.07, 6.45) is 0.948. The Morgan fingerprint density at radius 3 is 3.00 bits per heavy atom. The van der Waals surface area contributed by atoms with Gasteiger partial charge in [-0.3, -0.25) is 0 Å². The van der Waals surface area contributed by atoms with Gasteiger partial charge in [0.1, 0.15) is 5.75 Å². The number of hydrogen-bond acceptors (Lipinski definition) is 4. The van der Waals surface area contributed by atoms with Crippen molar-refractivity contribution in [2.24, 2.45) is 5.73 Å². The van der Waals surface area contributed by atoms with Gasteiger partial charge in [-0.25, -0.2) is 0 Å². The van der Waals surface area contributed by atoms with Crippen LogP contribution in [-0.4, -0.2) is 44.7 Å². The Balaban J connectivity index is 2.10. The summed E-state index contributed by atoms with van der Waals surface area (Å²) < 4.78 is 5.43. The van der Waals surface area contributed by atoms with Crippen LogP contribution in [0.5, 0.6) is 5.75 Å². The number of nitrogens with one attached hydrogen (secondary N) is 1. The van der Waals surface area contributed by atoms with Gasteiger partial charge in [0, 0.05) is 37.3 Å². The predicted octanol–water partition coefficient (Wildman–Crippen LogP) is 1.30. The Morgan fingerprint density at radius 1 is 1.53 bits per heavy atom. The van der Waals surface area contributed by atoms with E-state index in [1.54, 1.807) is 7.11 Å². The molecule has 4 heteroatoms. The van der Waals surface area contributed by atoms with Gasteiger partial charge in [0.2, 0.25) is 0 Å². The van der Waals surface area contributed by atoms with Gasteiger partial charge in [-0.1, -0.05) is 17.7 Å². The third-order valence-corrected chi connectivity index (χ3v) is 3.96. The number of ether oxygens (including phenoxy) is 1. The largest absolute Gasteiger partial charge is 0.496 e. The summed E-state index contributed by atoms with van der Waals surface area (Å²) in [5.41, 5.74) is 8.73. The smallest absolute Gasteiger partial charge is 0.123 e. The molecule has 0 radical (unpaired) electrons. The van der Waals surface area contributed by atoms with Gasteiger partial charge >= 0.3 is 0 Å². The number of methoxy groups -OCH3 is 1. The number of rotatable bonds is 4. The maximum atomic E-state index is 6.40. The van der Waals surface area contributed by atoms with E-state index in [0.717, 1.165) is 37.4 Å². The van der Waals surface area contributed by atoms with E-state index < -0.39 is 0 Å². The van der Waals surface area contributed by atoms with Gasteiger partial charge in [0.05, 0.1) is 7.11 Å². The quantitative estimate of drug-likeness (QED) is 0.859. The predicted molar refractivity (Wildman–Crippen MR) is 78.6 cm³/mol. The second-order valence-electron chi connectivity index (χ2n) is 5.43. The fourth-order valence-electron chi connectivity index (χ4n) is 2.69. The van der Waals surface area contributed by atoms with Crippen molar-refractivity contribution in [3.8, 4) is 5.75 Å². The van der Waals surface area contributed by atoms with Crippen LogP contribution < -0.4 is 15.8 Å². The van der Waals surface area contributed by atoms with Crippen LogP contribution in [0, 0.1) is 6.92 Å². The molecular weight excluding hydrogens is 238 g/mol. The Hall–Kier alpha value is -1.10. The van der Waals surface area contributed by atoms with Crippen molar-refractivity contribution in [2.75, 3.05) is 33.8 Å². The van der Waals surface area contributed by atoms with Crippen molar-refractivity contribution < 1.29 is 4.74 Å². The van der Waals surface area contributed by atoms with Crippen molar-refractivity contribution in [3.05, 3.63) is 29.3 Å². The first-order valence-electron chi connectivity index (χ1n) is 6.93. The van der Waals surface area contributed by atoms with Gasteiger partial charge in [-0.2, -0.15) is 0 Å². The average Bonchev–Trinajstić information content (AvgIpc) is 2.41. The summed E-state index contributed by atoms with van der Waals surface area (Å²) in [5.74, 6) is 0.893. The maximum absolute atomic E-state index is 6.40. The molecule has 1 saturated heterocycles. The lowest BCUT2D eigenvalue weighted by molar-refractivity contribution is 0.182. The minimum Gasteiger partial charge on any atom is -0.496 e. The van der Waals surface area contributed by atoms with E-state index >= 15 is 0 Å². The van der Waals surface area contributed by atoms with Crippen LogP contribution in [0.25, 0.3) is 0 Å². The molecule has 1 aromatic carbocycles.